The number of para-hydroxylation sites is 1. The largest absolute Gasteiger partial charge is 0.478 e. The summed E-state index contributed by atoms with van der Waals surface area (Å²) in [6.07, 6.45) is 0. The van der Waals surface area contributed by atoms with Crippen LogP contribution in [0.25, 0.3) is 0 Å². The molecule has 116 valence electrons. The molecule has 1 aromatic carbocycles. The fourth-order valence-corrected chi connectivity index (χ4v) is 1.92. The second-order valence-corrected chi connectivity index (χ2v) is 4.51. The molecular weight excluding hydrogens is 272 g/mol. The van der Waals surface area contributed by atoms with Crippen molar-refractivity contribution in [1.29, 1.82) is 0 Å². The molecule has 0 bridgehead atoms. The molecule has 0 saturated heterocycles. The summed E-state index contributed by atoms with van der Waals surface area (Å²) in [6, 6.07) is 4.56. The maximum absolute atomic E-state index is 12.2. The van der Waals surface area contributed by atoms with Gasteiger partial charge in [0.1, 0.15) is 0 Å². The lowest BCUT2D eigenvalue weighted by molar-refractivity contribution is 0.0698. The Morgan fingerprint density at radius 1 is 1.33 bits per heavy atom. The predicted octanol–water partition coefficient (Wildman–Crippen LogP) is 2.58. The van der Waals surface area contributed by atoms with E-state index in [2.05, 4.69) is 5.32 Å². The minimum atomic E-state index is -1.06. The Bertz CT molecular complexity index is 502. The third-order valence-corrected chi connectivity index (χ3v) is 3.11. The zero-order valence-corrected chi connectivity index (χ0v) is 12.7. The van der Waals surface area contributed by atoms with E-state index in [1.165, 1.54) is 6.07 Å². The van der Waals surface area contributed by atoms with E-state index in [1.54, 1.807) is 24.0 Å². The van der Waals surface area contributed by atoms with Gasteiger partial charge >= 0.3 is 12.0 Å². The number of amides is 2. The van der Waals surface area contributed by atoms with Gasteiger partial charge in [0.05, 0.1) is 17.9 Å². The molecule has 1 rings (SSSR count). The summed E-state index contributed by atoms with van der Waals surface area (Å²) in [5.74, 6) is -1.06. The summed E-state index contributed by atoms with van der Waals surface area (Å²) < 4.78 is 5.24. The average Bonchev–Trinajstić information content (AvgIpc) is 2.45. The lowest BCUT2D eigenvalue weighted by Gasteiger charge is -2.22. The number of urea groups is 1. The van der Waals surface area contributed by atoms with Crippen LogP contribution in [0.15, 0.2) is 18.2 Å². The van der Waals surface area contributed by atoms with Crippen molar-refractivity contribution in [1.82, 2.24) is 4.90 Å². The number of nitrogens with zero attached hydrogens (tertiary/aromatic N) is 1. The summed E-state index contributed by atoms with van der Waals surface area (Å²) in [6.45, 7) is 7.55. The van der Waals surface area contributed by atoms with Crippen LogP contribution in [0.1, 0.15) is 29.8 Å². The van der Waals surface area contributed by atoms with Crippen molar-refractivity contribution in [3.63, 3.8) is 0 Å². The van der Waals surface area contributed by atoms with Crippen LogP contribution in [0.4, 0.5) is 10.5 Å². The number of aromatic carboxylic acids is 1. The molecule has 0 heterocycles. The number of hydrogen-bond donors (Lipinski definition) is 2. The van der Waals surface area contributed by atoms with Crippen LogP contribution in [0.5, 0.6) is 0 Å². The molecule has 0 saturated carbocycles. The first-order chi connectivity index (χ1) is 10.0. The summed E-state index contributed by atoms with van der Waals surface area (Å²) in [5, 5.41) is 11.9. The molecule has 6 nitrogen and oxygen atoms in total. The highest BCUT2D eigenvalue weighted by molar-refractivity contribution is 6.00. The molecule has 0 spiro atoms. The molecule has 2 N–H and O–H groups in total. The van der Waals surface area contributed by atoms with E-state index in [4.69, 9.17) is 4.74 Å². The normalized spacial score (nSPS) is 10.2. The predicted molar refractivity (Wildman–Crippen MR) is 80.9 cm³/mol. The lowest BCUT2D eigenvalue weighted by Crippen LogP contribution is -2.37. The topological polar surface area (TPSA) is 78.9 Å². The number of carbonyl (C=O) groups is 2. The van der Waals surface area contributed by atoms with Gasteiger partial charge in [-0.1, -0.05) is 12.1 Å². The Kier molecular flexibility index (Phi) is 6.68. The van der Waals surface area contributed by atoms with Crippen molar-refractivity contribution in [2.45, 2.75) is 20.8 Å². The van der Waals surface area contributed by atoms with E-state index in [0.717, 1.165) is 0 Å². The number of carbonyl (C=O) groups excluding carboxylic acids is 1. The van der Waals surface area contributed by atoms with Crippen molar-refractivity contribution in [2.24, 2.45) is 0 Å². The number of carboxylic acid groups (broad SMARTS) is 1. The van der Waals surface area contributed by atoms with Crippen LogP contribution in [0.2, 0.25) is 0 Å². The molecule has 0 aromatic heterocycles. The van der Waals surface area contributed by atoms with Crippen molar-refractivity contribution < 1.29 is 19.4 Å². The zero-order chi connectivity index (χ0) is 15.8. The molecule has 0 unspecified atom stereocenters. The third kappa shape index (κ3) is 4.75. The fraction of sp³-hybridized carbons (Fsp3) is 0.467. The Morgan fingerprint density at radius 2 is 2.05 bits per heavy atom. The molecule has 21 heavy (non-hydrogen) atoms. The molecule has 1 aromatic rings. The number of nitrogens with one attached hydrogen (secondary N) is 1. The van der Waals surface area contributed by atoms with E-state index >= 15 is 0 Å². The number of benzene rings is 1. The third-order valence-electron chi connectivity index (χ3n) is 3.11. The highest BCUT2D eigenvalue weighted by atomic mass is 16.5. The molecule has 6 heteroatoms. The number of anilines is 1. The van der Waals surface area contributed by atoms with Gasteiger partial charge in [0.2, 0.25) is 0 Å². The zero-order valence-electron chi connectivity index (χ0n) is 12.7. The average molecular weight is 294 g/mol. The van der Waals surface area contributed by atoms with Gasteiger partial charge in [-0.2, -0.15) is 0 Å². The molecule has 0 aliphatic heterocycles. The number of aryl methyl sites for hydroxylation is 1. The Hall–Kier alpha value is -2.08. The first-order valence-electron chi connectivity index (χ1n) is 6.97. The van der Waals surface area contributed by atoms with Crippen LogP contribution < -0.4 is 5.32 Å². The highest BCUT2D eigenvalue weighted by Crippen LogP contribution is 2.21. The van der Waals surface area contributed by atoms with Gasteiger partial charge in [-0.05, 0) is 32.4 Å². The minimum absolute atomic E-state index is 0.0872. The SMILES string of the molecule is CCOCCN(CC)C(=O)Nc1c(C)cccc1C(=O)O. The van der Waals surface area contributed by atoms with Gasteiger partial charge in [-0.25, -0.2) is 9.59 Å². The molecular formula is C15H22N2O4. The monoisotopic (exact) mass is 294 g/mol. The van der Waals surface area contributed by atoms with E-state index in [0.29, 0.717) is 37.6 Å². The molecule has 0 fully saturated rings. The summed E-state index contributed by atoms with van der Waals surface area (Å²) in [7, 11) is 0. The first-order valence-corrected chi connectivity index (χ1v) is 6.97. The first kappa shape index (κ1) is 17.0. The van der Waals surface area contributed by atoms with Crippen molar-refractivity contribution >= 4 is 17.7 Å². The van der Waals surface area contributed by atoms with Crippen LogP contribution >= 0.6 is 0 Å². The van der Waals surface area contributed by atoms with Gasteiger partial charge in [0.15, 0.2) is 0 Å². The Labute approximate surface area is 124 Å². The number of rotatable bonds is 7. The van der Waals surface area contributed by atoms with Gasteiger partial charge < -0.3 is 20.1 Å². The molecule has 0 aliphatic carbocycles. The van der Waals surface area contributed by atoms with Crippen molar-refractivity contribution in [2.75, 3.05) is 31.6 Å². The number of hydrogen-bond acceptors (Lipinski definition) is 3. The van der Waals surface area contributed by atoms with Gasteiger partial charge in [0.25, 0.3) is 0 Å². The standard InChI is InChI=1S/C15H22N2O4/c1-4-17(9-10-21-5-2)15(20)16-13-11(3)7-6-8-12(13)14(18)19/h6-8H,4-5,9-10H2,1-3H3,(H,16,20)(H,18,19). The summed E-state index contributed by atoms with van der Waals surface area (Å²) >= 11 is 0. The number of likely N-dealkylation sites (N-methyl/N-ethyl adjacent to an activating group) is 1. The molecule has 2 amide bonds. The van der Waals surface area contributed by atoms with Gasteiger partial charge in [-0.15, -0.1) is 0 Å². The molecule has 0 aliphatic rings. The summed E-state index contributed by atoms with van der Waals surface area (Å²) in [4.78, 5) is 25.0. The van der Waals surface area contributed by atoms with Crippen molar-refractivity contribution in [3.8, 4) is 0 Å². The van der Waals surface area contributed by atoms with E-state index in [-0.39, 0.29) is 11.6 Å². The highest BCUT2D eigenvalue weighted by Gasteiger charge is 2.17. The van der Waals surface area contributed by atoms with Crippen LogP contribution in [-0.2, 0) is 4.74 Å². The second kappa shape index (κ2) is 8.26. The van der Waals surface area contributed by atoms with Gasteiger partial charge in [0, 0.05) is 19.7 Å². The molecule has 0 atom stereocenters. The second-order valence-electron chi connectivity index (χ2n) is 4.51. The smallest absolute Gasteiger partial charge is 0.337 e. The quantitative estimate of drug-likeness (QED) is 0.758. The number of ether oxygens (including phenoxy) is 1. The van der Waals surface area contributed by atoms with Crippen molar-refractivity contribution in [3.05, 3.63) is 29.3 Å². The Balaban J connectivity index is 2.84. The Morgan fingerprint density at radius 3 is 2.62 bits per heavy atom. The molecule has 0 radical (unpaired) electrons. The van der Waals surface area contributed by atoms with Crippen LogP contribution in [-0.4, -0.2) is 48.3 Å². The lowest BCUT2D eigenvalue weighted by atomic mass is 10.1. The van der Waals surface area contributed by atoms with E-state index in [9.17, 15) is 14.7 Å². The van der Waals surface area contributed by atoms with Crippen LogP contribution in [0, 0.1) is 6.92 Å². The van der Waals surface area contributed by atoms with Gasteiger partial charge in [-0.3, -0.25) is 0 Å². The maximum Gasteiger partial charge on any atom is 0.337 e. The van der Waals surface area contributed by atoms with Crippen LogP contribution in [0.3, 0.4) is 0 Å². The number of carboxylic acids is 1. The van der Waals surface area contributed by atoms with E-state index in [1.807, 2.05) is 13.8 Å². The minimum Gasteiger partial charge on any atom is -0.478 e. The van der Waals surface area contributed by atoms with E-state index < -0.39 is 5.97 Å². The maximum atomic E-state index is 12.2. The summed E-state index contributed by atoms with van der Waals surface area (Å²) in [5.41, 5.74) is 1.14. The fourth-order valence-electron chi connectivity index (χ4n) is 1.92.